The summed E-state index contributed by atoms with van der Waals surface area (Å²) in [5.74, 6) is -0.293. The van der Waals surface area contributed by atoms with E-state index in [0.717, 1.165) is 11.3 Å². The Bertz CT molecular complexity index is 1050. The van der Waals surface area contributed by atoms with Crippen LogP contribution in [0.25, 0.3) is 6.08 Å². The lowest BCUT2D eigenvalue weighted by Gasteiger charge is -2.26. The first kappa shape index (κ1) is 22.2. The lowest BCUT2D eigenvalue weighted by atomic mass is 10.1. The quantitative estimate of drug-likeness (QED) is 0.515. The molecule has 1 aliphatic heterocycles. The van der Waals surface area contributed by atoms with E-state index in [-0.39, 0.29) is 10.6 Å². The van der Waals surface area contributed by atoms with Crippen LogP contribution in [-0.2, 0) is 9.59 Å². The fraction of sp³-hybridized carbons (Fsp3) is 0.227. The zero-order valence-corrected chi connectivity index (χ0v) is 18.0. The second kappa shape index (κ2) is 9.53. The number of methoxy groups -OCH3 is 2. The molecule has 9 heteroatoms. The van der Waals surface area contributed by atoms with Gasteiger partial charge in [-0.3, -0.25) is 14.9 Å². The number of urea groups is 1. The molecule has 1 heterocycles. The molecular formula is C22H21ClN2O6. The van der Waals surface area contributed by atoms with Crippen molar-refractivity contribution in [2.24, 2.45) is 0 Å². The maximum atomic E-state index is 13.0. The molecule has 1 saturated heterocycles. The normalized spacial score (nSPS) is 15.2. The number of hydrogen-bond donors (Lipinski definition) is 1. The number of hydrogen-bond acceptors (Lipinski definition) is 6. The highest BCUT2D eigenvalue weighted by Gasteiger charge is 2.36. The highest BCUT2D eigenvalue weighted by Crippen LogP contribution is 2.37. The number of nitrogens with one attached hydrogen (secondary N) is 1. The van der Waals surface area contributed by atoms with Gasteiger partial charge in [0.05, 0.1) is 31.5 Å². The number of benzene rings is 2. The van der Waals surface area contributed by atoms with Crippen LogP contribution < -0.4 is 24.4 Å². The van der Waals surface area contributed by atoms with Crippen LogP contribution in [0.1, 0.15) is 18.9 Å². The van der Waals surface area contributed by atoms with Gasteiger partial charge >= 0.3 is 6.03 Å². The smallest absolute Gasteiger partial charge is 0.335 e. The minimum Gasteiger partial charge on any atom is -0.494 e. The molecule has 1 fully saturated rings. The van der Waals surface area contributed by atoms with Crippen LogP contribution in [0.5, 0.6) is 17.2 Å². The molecule has 3 rings (SSSR count). The number of halogens is 1. The molecule has 31 heavy (non-hydrogen) atoms. The summed E-state index contributed by atoms with van der Waals surface area (Å²) in [6.45, 7) is 2.54. The highest BCUT2D eigenvalue weighted by atomic mass is 35.5. The maximum Gasteiger partial charge on any atom is 0.335 e. The van der Waals surface area contributed by atoms with Crippen molar-refractivity contribution in [1.29, 1.82) is 0 Å². The van der Waals surface area contributed by atoms with Crippen molar-refractivity contribution >= 4 is 41.2 Å². The van der Waals surface area contributed by atoms with Gasteiger partial charge in [0, 0.05) is 0 Å². The lowest BCUT2D eigenvalue weighted by molar-refractivity contribution is -0.122. The maximum absolute atomic E-state index is 13.0. The summed E-state index contributed by atoms with van der Waals surface area (Å²) in [6, 6.07) is 8.71. The molecule has 0 aliphatic carbocycles. The van der Waals surface area contributed by atoms with Gasteiger partial charge in [-0.05, 0) is 54.5 Å². The largest absolute Gasteiger partial charge is 0.494 e. The number of anilines is 1. The molecule has 0 radical (unpaired) electrons. The molecule has 0 unspecified atom stereocenters. The van der Waals surface area contributed by atoms with Gasteiger partial charge in [-0.15, -0.1) is 0 Å². The minimum atomic E-state index is -0.834. The summed E-state index contributed by atoms with van der Waals surface area (Å²) in [5, 5.41) is 2.43. The molecule has 8 nitrogen and oxygen atoms in total. The first-order chi connectivity index (χ1) is 14.9. The van der Waals surface area contributed by atoms with Crippen molar-refractivity contribution < 1.29 is 28.6 Å². The zero-order valence-electron chi connectivity index (χ0n) is 17.2. The van der Waals surface area contributed by atoms with Gasteiger partial charge in [-0.1, -0.05) is 18.5 Å². The predicted molar refractivity (Wildman–Crippen MR) is 116 cm³/mol. The van der Waals surface area contributed by atoms with E-state index < -0.39 is 17.8 Å². The molecule has 4 amide bonds. The van der Waals surface area contributed by atoms with E-state index in [4.69, 9.17) is 25.8 Å². The summed E-state index contributed by atoms with van der Waals surface area (Å²) in [5.41, 5.74) is 0.503. The van der Waals surface area contributed by atoms with E-state index in [9.17, 15) is 14.4 Å². The van der Waals surface area contributed by atoms with Gasteiger partial charge in [-0.2, -0.15) is 0 Å². The Hall–Kier alpha value is -3.52. The van der Waals surface area contributed by atoms with E-state index in [1.165, 1.54) is 26.4 Å². The van der Waals surface area contributed by atoms with E-state index in [1.807, 2.05) is 6.92 Å². The van der Waals surface area contributed by atoms with Crippen molar-refractivity contribution in [1.82, 2.24) is 5.32 Å². The topological polar surface area (TPSA) is 94.2 Å². The Morgan fingerprint density at radius 1 is 1.06 bits per heavy atom. The molecule has 2 aromatic carbocycles. The van der Waals surface area contributed by atoms with Crippen molar-refractivity contribution in [3.63, 3.8) is 0 Å². The fourth-order valence-corrected chi connectivity index (χ4v) is 3.29. The van der Waals surface area contributed by atoms with E-state index in [2.05, 4.69) is 5.32 Å². The molecule has 162 valence electrons. The Morgan fingerprint density at radius 3 is 2.39 bits per heavy atom. The first-order valence-corrected chi connectivity index (χ1v) is 9.83. The number of rotatable bonds is 7. The number of carbonyl (C=O) groups is 3. The van der Waals surface area contributed by atoms with Gasteiger partial charge < -0.3 is 14.2 Å². The van der Waals surface area contributed by atoms with Crippen LogP contribution >= 0.6 is 11.6 Å². The number of ether oxygens (including phenoxy) is 3. The van der Waals surface area contributed by atoms with Crippen LogP contribution in [0.15, 0.2) is 42.0 Å². The Kier molecular flexibility index (Phi) is 6.81. The monoisotopic (exact) mass is 444 g/mol. The van der Waals surface area contributed by atoms with Gasteiger partial charge in [-0.25, -0.2) is 9.69 Å². The van der Waals surface area contributed by atoms with Crippen LogP contribution in [0.4, 0.5) is 10.5 Å². The van der Waals surface area contributed by atoms with Gasteiger partial charge in [0.2, 0.25) is 0 Å². The molecule has 1 aliphatic rings. The predicted octanol–water partition coefficient (Wildman–Crippen LogP) is 3.81. The average Bonchev–Trinajstić information content (AvgIpc) is 2.75. The highest BCUT2D eigenvalue weighted by molar-refractivity contribution is 6.39. The third-order valence-corrected chi connectivity index (χ3v) is 4.72. The van der Waals surface area contributed by atoms with Crippen LogP contribution in [0.3, 0.4) is 0 Å². The Labute approximate surface area is 184 Å². The van der Waals surface area contributed by atoms with Crippen LogP contribution in [0.2, 0.25) is 5.02 Å². The Morgan fingerprint density at radius 2 is 1.77 bits per heavy atom. The zero-order chi connectivity index (χ0) is 22.5. The summed E-state index contributed by atoms with van der Waals surface area (Å²) >= 11 is 6.21. The molecule has 0 aromatic heterocycles. The summed E-state index contributed by atoms with van der Waals surface area (Å²) in [6.07, 6.45) is 2.19. The number of imide groups is 2. The van der Waals surface area contributed by atoms with Gasteiger partial charge in [0.25, 0.3) is 11.8 Å². The minimum absolute atomic E-state index is 0.228. The molecule has 0 spiro atoms. The third kappa shape index (κ3) is 4.64. The molecule has 0 atom stereocenters. The van der Waals surface area contributed by atoms with Crippen molar-refractivity contribution in [2.45, 2.75) is 13.3 Å². The van der Waals surface area contributed by atoms with Crippen molar-refractivity contribution in [3.05, 3.63) is 52.6 Å². The number of carbonyl (C=O) groups excluding carboxylic acids is 3. The first-order valence-electron chi connectivity index (χ1n) is 9.45. The molecule has 0 bridgehead atoms. The Balaban J connectivity index is 1.95. The van der Waals surface area contributed by atoms with Gasteiger partial charge in [0.1, 0.15) is 11.3 Å². The molecule has 2 aromatic rings. The number of barbiturate groups is 1. The average molecular weight is 445 g/mol. The SMILES string of the molecule is CCCOc1ccc(N2C(=O)NC(=O)/C(=C/c3cc(Cl)c(OC)c(OC)c3)C2=O)cc1. The van der Waals surface area contributed by atoms with Crippen LogP contribution in [-0.4, -0.2) is 38.7 Å². The van der Waals surface area contributed by atoms with Gasteiger partial charge in [0.15, 0.2) is 11.5 Å². The molecular weight excluding hydrogens is 424 g/mol. The summed E-state index contributed by atoms with van der Waals surface area (Å²) < 4.78 is 16.0. The third-order valence-electron chi connectivity index (χ3n) is 4.44. The fourth-order valence-electron chi connectivity index (χ4n) is 2.99. The molecule has 1 N–H and O–H groups in total. The van der Waals surface area contributed by atoms with E-state index >= 15 is 0 Å². The van der Waals surface area contributed by atoms with E-state index in [0.29, 0.717) is 35.1 Å². The second-order valence-electron chi connectivity index (χ2n) is 6.54. The number of nitrogens with zero attached hydrogens (tertiary/aromatic N) is 1. The van der Waals surface area contributed by atoms with Crippen molar-refractivity contribution in [2.75, 3.05) is 25.7 Å². The standard InChI is InChI=1S/C22H21ClN2O6/c1-4-9-31-15-7-5-14(6-8-15)25-21(27)16(20(26)24-22(25)28)10-13-11-17(23)19(30-3)18(12-13)29-2/h5-8,10-12H,4,9H2,1-3H3,(H,24,26,28)/b16-10-. The molecule has 0 saturated carbocycles. The summed E-state index contributed by atoms with van der Waals surface area (Å²) in [4.78, 5) is 38.7. The van der Waals surface area contributed by atoms with Crippen LogP contribution in [0, 0.1) is 0 Å². The second-order valence-corrected chi connectivity index (χ2v) is 6.95. The van der Waals surface area contributed by atoms with E-state index in [1.54, 1.807) is 30.3 Å². The lowest BCUT2D eigenvalue weighted by Crippen LogP contribution is -2.54. The number of amides is 4. The van der Waals surface area contributed by atoms with Crippen molar-refractivity contribution in [3.8, 4) is 17.2 Å². The summed E-state index contributed by atoms with van der Waals surface area (Å²) in [7, 11) is 2.89.